The van der Waals surface area contributed by atoms with Gasteiger partial charge in [0.2, 0.25) is 0 Å². The van der Waals surface area contributed by atoms with Gasteiger partial charge < -0.3 is 0 Å². The van der Waals surface area contributed by atoms with Crippen LogP contribution in [0.3, 0.4) is 0 Å². The molecule has 0 N–H and O–H groups in total. The van der Waals surface area contributed by atoms with Gasteiger partial charge in [0.15, 0.2) is 0 Å². The smallest absolute Gasteiger partial charge is 0.0273 e. The second kappa shape index (κ2) is 6.55. The van der Waals surface area contributed by atoms with E-state index in [4.69, 9.17) is 0 Å². The van der Waals surface area contributed by atoms with Gasteiger partial charge in [0.1, 0.15) is 0 Å². The minimum atomic E-state index is 1.11. The lowest BCUT2D eigenvalue weighted by Gasteiger charge is -1.99. The van der Waals surface area contributed by atoms with E-state index in [2.05, 4.69) is 48.0 Å². The minimum absolute atomic E-state index is 1.11. The highest BCUT2D eigenvalue weighted by Crippen LogP contribution is 2.25. The average molecular weight is 235 g/mol. The average Bonchev–Trinajstić information content (AvgIpc) is 3.12. The molecule has 18 heavy (non-hydrogen) atoms. The number of allylic oxidation sites excluding steroid dienone is 8. The maximum Gasteiger partial charge on any atom is 0.0273 e. The summed E-state index contributed by atoms with van der Waals surface area (Å²) in [4.78, 5) is 3.85. The third-order valence-corrected chi connectivity index (χ3v) is 2.90. The van der Waals surface area contributed by atoms with Crippen LogP contribution in [-0.2, 0) is 0 Å². The zero-order chi connectivity index (χ0) is 12.6. The van der Waals surface area contributed by atoms with Crippen LogP contribution >= 0.6 is 0 Å². The molecule has 0 saturated heterocycles. The standard InChI is InChI=1S/C10H10.C7H7N/c1-2-6-9(5-1)10-7-3-4-8-10;1-2-7-3-5-8-6-4-7/h1-5,7H,6,8H2;2-6H,1H2. The Balaban J connectivity index is 0.000000138. The van der Waals surface area contributed by atoms with E-state index in [0.717, 1.165) is 18.4 Å². The van der Waals surface area contributed by atoms with Crippen molar-refractivity contribution in [3.8, 4) is 0 Å². The first-order chi connectivity index (χ1) is 8.90. The maximum absolute atomic E-state index is 3.85. The molecular formula is C17H17N. The molecular weight excluding hydrogens is 218 g/mol. The second-order valence-electron chi connectivity index (χ2n) is 4.13. The van der Waals surface area contributed by atoms with Crippen molar-refractivity contribution < 1.29 is 0 Å². The molecule has 0 saturated carbocycles. The fourth-order valence-electron chi connectivity index (χ4n) is 1.87. The summed E-state index contributed by atoms with van der Waals surface area (Å²) in [5, 5.41) is 0. The molecule has 0 atom stereocenters. The van der Waals surface area contributed by atoms with Gasteiger partial charge in [-0.15, -0.1) is 0 Å². The van der Waals surface area contributed by atoms with Gasteiger partial charge in [-0.25, -0.2) is 0 Å². The Morgan fingerprint density at radius 2 is 1.50 bits per heavy atom. The van der Waals surface area contributed by atoms with E-state index < -0.39 is 0 Å². The van der Waals surface area contributed by atoms with Crippen molar-refractivity contribution in [3.05, 3.63) is 84.3 Å². The predicted molar refractivity (Wildman–Crippen MR) is 78.0 cm³/mol. The molecule has 1 aromatic heterocycles. The zero-order valence-corrected chi connectivity index (χ0v) is 10.4. The van der Waals surface area contributed by atoms with Crippen LogP contribution in [0.2, 0.25) is 0 Å². The molecule has 0 radical (unpaired) electrons. The van der Waals surface area contributed by atoms with E-state index in [1.165, 1.54) is 11.1 Å². The molecule has 1 heteroatoms. The number of nitrogens with zero attached hydrogens (tertiary/aromatic N) is 1. The summed E-state index contributed by atoms with van der Waals surface area (Å²) in [6.45, 7) is 3.60. The van der Waals surface area contributed by atoms with Gasteiger partial charge in [-0.05, 0) is 41.7 Å². The van der Waals surface area contributed by atoms with Gasteiger partial charge in [-0.3, -0.25) is 4.98 Å². The van der Waals surface area contributed by atoms with Crippen molar-refractivity contribution in [2.45, 2.75) is 12.8 Å². The Kier molecular flexibility index (Phi) is 4.48. The summed E-state index contributed by atoms with van der Waals surface area (Å²) in [5.41, 5.74) is 4.09. The fraction of sp³-hybridized carbons (Fsp3) is 0.118. The van der Waals surface area contributed by atoms with E-state index in [0.29, 0.717) is 0 Å². The Morgan fingerprint density at radius 3 is 1.83 bits per heavy atom. The van der Waals surface area contributed by atoms with Crippen LogP contribution in [0.25, 0.3) is 6.08 Å². The van der Waals surface area contributed by atoms with E-state index in [-0.39, 0.29) is 0 Å². The SMILES string of the molecule is C1=CCC(C2=CC=CC2)=C1.C=Cc1ccncc1. The molecule has 0 aliphatic heterocycles. The number of aromatic nitrogens is 1. The molecule has 0 bridgehead atoms. The van der Waals surface area contributed by atoms with Crippen LogP contribution in [0.1, 0.15) is 18.4 Å². The molecule has 0 amide bonds. The lowest BCUT2D eigenvalue weighted by atomic mass is 10.1. The maximum atomic E-state index is 3.85. The van der Waals surface area contributed by atoms with Crippen molar-refractivity contribution in [1.82, 2.24) is 4.98 Å². The van der Waals surface area contributed by atoms with Crippen LogP contribution in [0.15, 0.2) is 78.7 Å². The molecule has 0 aromatic carbocycles. The van der Waals surface area contributed by atoms with Crippen LogP contribution in [0, 0.1) is 0 Å². The first-order valence-electron chi connectivity index (χ1n) is 6.14. The highest BCUT2D eigenvalue weighted by molar-refractivity contribution is 5.45. The molecule has 0 spiro atoms. The Morgan fingerprint density at radius 1 is 0.944 bits per heavy atom. The van der Waals surface area contributed by atoms with Crippen molar-refractivity contribution >= 4 is 6.08 Å². The topological polar surface area (TPSA) is 12.9 Å². The fourth-order valence-corrected chi connectivity index (χ4v) is 1.87. The molecule has 90 valence electrons. The molecule has 2 aliphatic carbocycles. The monoisotopic (exact) mass is 235 g/mol. The van der Waals surface area contributed by atoms with E-state index in [1.54, 1.807) is 18.5 Å². The first kappa shape index (κ1) is 12.3. The number of rotatable bonds is 2. The Hall–Kier alpha value is -2.15. The highest BCUT2D eigenvalue weighted by atomic mass is 14.6. The Labute approximate surface area is 109 Å². The van der Waals surface area contributed by atoms with Gasteiger partial charge in [0.25, 0.3) is 0 Å². The van der Waals surface area contributed by atoms with E-state index in [1.807, 2.05) is 12.1 Å². The van der Waals surface area contributed by atoms with Crippen LogP contribution < -0.4 is 0 Å². The van der Waals surface area contributed by atoms with Crippen molar-refractivity contribution in [2.75, 3.05) is 0 Å². The van der Waals surface area contributed by atoms with Gasteiger partial charge in [0, 0.05) is 12.4 Å². The van der Waals surface area contributed by atoms with Crippen molar-refractivity contribution in [2.24, 2.45) is 0 Å². The predicted octanol–water partition coefficient (Wildman–Crippen LogP) is 4.48. The largest absolute Gasteiger partial charge is 0.265 e. The van der Waals surface area contributed by atoms with Crippen LogP contribution in [0.4, 0.5) is 0 Å². The van der Waals surface area contributed by atoms with Crippen LogP contribution in [-0.4, -0.2) is 4.98 Å². The number of hydrogen-bond acceptors (Lipinski definition) is 1. The quantitative estimate of drug-likeness (QED) is 0.736. The summed E-state index contributed by atoms with van der Waals surface area (Å²) in [7, 11) is 0. The van der Waals surface area contributed by atoms with Gasteiger partial charge in [-0.1, -0.05) is 49.1 Å². The molecule has 2 aliphatic rings. The van der Waals surface area contributed by atoms with Crippen LogP contribution in [0.5, 0.6) is 0 Å². The van der Waals surface area contributed by atoms with E-state index >= 15 is 0 Å². The molecule has 1 aromatic rings. The molecule has 1 nitrogen and oxygen atoms in total. The van der Waals surface area contributed by atoms with E-state index in [9.17, 15) is 0 Å². The minimum Gasteiger partial charge on any atom is -0.265 e. The summed E-state index contributed by atoms with van der Waals surface area (Å²) < 4.78 is 0. The lowest BCUT2D eigenvalue weighted by Crippen LogP contribution is -1.80. The molecule has 0 unspecified atom stereocenters. The molecule has 0 fully saturated rings. The first-order valence-corrected chi connectivity index (χ1v) is 6.14. The summed E-state index contributed by atoms with van der Waals surface area (Å²) in [6, 6.07) is 3.82. The Bertz CT molecular complexity index is 488. The third kappa shape index (κ3) is 3.42. The second-order valence-corrected chi connectivity index (χ2v) is 4.13. The molecule has 1 heterocycles. The summed E-state index contributed by atoms with van der Waals surface area (Å²) in [5.74, 6) is 0. The third-order valence-electron chi connectivity index (χ3n) is 2.90. The zero-order valence-electron chi connectivity index (χ0n) is 10.4. The summed E-state index contributed by atoms with van der Waals surface area (Å²) in [6.07, 6.45) is 20.6. The number of hydrogen-bond donors (Lipinski definition) is 0. The highest BCUT2D eigenvalue weighted by Gasteiger charge is 2.05. The van der Waals surface area contributed by atoms with Gasteiger partial charge in [0.05, 0.1) is 0 Å². The van der Waals surface area contributed by atoms with Crippen molar-refractivity contribution in [1.29, 1.82) is 0 Å². The number of pyridine rings is 1. The molecule has 3 rings (SSSR count). The lowest BCUT2D eigenvalue weighted by molar-refractivity contribution is 1.18. The normalized spacial score (nSPS) is 15.8. The van der Waals surface area contributed by atoms with Crippen molar-refractivity contribution in [3.63, 3.8) is 0 Å². The summed E-state index contributed by atoms with van der Waals surface area (Å²) >= 11 is 0. The van der Waals surface area contributed by atoms with Gasteiger partial charge >= 0.3 is 0 Å². The van der Waals surface area contributed by atoms with Gasteiger partial charge in [-0.2, -0.15) is 0 Å².